The van der Waals surface area contributed by atoms with Crippen LogP contribution in [0.3, 0.4) is 0 Å². The number of primary amides is 1. The highest BCUT2D eigenvalue weighted by atomic mass is 32.2. The van der Waals surface area contributed by atoms with Crippen LogP contribution in [0.1, 0.15) is 10.4 Å². The van der Waals surface area contributed by atoms with Crippen molar-refractivity contribution in [2.45, 2.75) is 4.90 Å². The van der Waals surface area contributed by atoms with Gasteiger partial charge in [-0.2, -0.15) is 11.5 Å². The molecule has 0 saturated heterocycles. The number of carbonyl (C=O) groups excluding carboxylic acids is 1. The van der Waals surface area contributed by atoms with Gasteiger partial charge in [-0.15, -0.1) is 0 Å². The molecule has 1 aromatic rings. The third kappa shape index (κ3) is 2.47. The summed E-state index contributed by atoms with van der Waals surface area (Å²) in [4.78, 5) is 11.7. The van der Waals surface area contributed by atoms with E-state index in [4.69, 9.17) is 14.1 Å². The van der Waals surface area contributed by atoms with Crippen molar-refractivity contribution in [3.05, 3.63) is 29.8 Å². The van der Waals surface area contributed by atoms with Gasteiger partial charge in [-0.3, -0.25) is 13.2 Å². The fourth-order valence-corrected chi connectivity index (χ4v) is 2.00. The fourth-order valence-electron chi connectivity index (χ4n) is 1.03. The lowest BCUT2D eigenvalue weighted by molar-refractivity contribution is 0.1000. The summed E-state index contributed by atoms with van der Waals surface area (Å²) in [5.41, 5.74) is 5.59. The van der Waals surface area contributed by atoms with Crippen LogP contribution >= 0.6 is 11.5 Å². The van der Waals surface area contributed by atoms with Crippen LogP contribution in [0.25, 0.3) is 0 Å². The Morgan fingerprint density at radius 3 is 2.07 bits per heavy atom. The van der Waals surface area contributed by atoms with Crippen molar-refractivity contribution in [1.82, 2.24) is 0 Å². The van der Waals surface area contributed by atoms with Gasteiger partial charge in [0.1, 0.15) is 0 Å². The van der Waals surface area contributed by atoms with Crippen molar-refractivity contribution in [1.29, 1.82) is 0 Å². The van der Waals surface area contributed by atoms with E-state index in [1.165, 1.54) is 0 Å². The van der Waals surface area contributed by atoms with Crippen molar-refractivity contribution in [2.24, 2.45) is 5.73 Å². The Morgan fingerprint density at radius 1 is 1.21 bits per heavy atom. The van der Waals surface area contributed by atoms with Crippen molar-refractivity contribution in [3.8, 4) is 0 Å². The third-order valence-electron chi connectivity index (χ3n) is 1.69. The largest absolute Gasteiger partial charge is 0.366 e. The van der Waals surface area contributed by atoms with Crippen LogP contribution in [0.15, 0.2) is 29.2 Å². The minimum atomic E-state index is -1.04. The van der Waals surface area contributed by atoms with Crippen LogP contribution in [0, 0.1) is 0 Å². The number of nitrogens with two attached hydrogens (primary N) is 1. The quantitative estimate of drug-likeness (QED) is 0.743. The van der Waals surface area contributed by atoms with Gasteiger partial charge in [-0.05, 0) is 24.3 Å². The zero-order chi connectivity index (χ0) is 10.6. The predicted molar refractivity (Wildman–Crippen MR) is 56.2 cm³/mol. The molecule has 0 spiro atoms. The van der Waals surface area contributed by atoms with Crippen LogP contribution in [-0.4, -0.2) is 20.1 Å². The molecule has 78 valence electrons. The molecular weight excluding hydrogens is 202 g/mol. The first-order valence-corrected chi connectivity index (χ1v) is 5.15. The summed E-state index contributed by atoms with van der Waals surface area (Å²) in [5.74, 6) is -0.435. The van der Waals surface area contributed by atoms with E-state index in [0.717, 1.165) is 4.90 Å². The van der Waals surface area contributed by atoms with E-state index < -0.39 is 17.4 Å². The Hall–Kier alpha value is -1.04. The second-order valence-corrected chi connectivity index (χ2v) is 4.29. The molecule has 1 aromatic carbocycles. The Morgan fingerprint density at radius 2 is 1.71 bits per heavy atom. The Balaban J connectivity index is 2.87. The van der Waals surface area contributed by atoms with E-state index in [1.807, 2.05) is 0 Å². The molecule has 0 aromatic heterocycles. The van der Waals surface area contributed by atoms with Gasteiger partial charge in [0.15, 0.2) is 0 Å². The number of thiol groups is 1. The van der Waals surface area contributed by atoms with Crippen LogP contribution < -0.4 is 5.73 Å². The molecule has 0 fully saturated rings. The number of amides is 1. The monoisotopic (exact) mass is 215 g/mol. The highest BCUT2D eigenvalue weighted by molar-refractivity contribution is 8.08. The van der Waals surface area contributed by atoms with Gasteiger partial charge in [0.25, 0.3) is 0 Å². The van der Waals surface area contributed by atoms with Gasteiger partial charge >= 0.3 is 0 Å². The minimum Gasteiger partial charge on any atom is -0.366 e. The zero-order valence-corrected chi connectivity index (χ0v) is 8.95. The molecular formula is C9H13NO3S. The van der Waals surface area contributed by atoms with Gasteiger partial charge in [0.05, 0.1) is 19.1 Å². The van der Waals surface area contributed by atoms with Gasteiger partial charge < -0.3 is 5.73 Å². The number of benzene rings is 1. The van der Waals surface area contributed by atoms with Gasteiger partial charge in [-0.1, -0.05) is 0 Å². The topological polar surface area (TPSA) is 61.6 Å². The standard InChI is InChI=1S/C9H13NO3S/c1-12-14(13-2)8-5-3-7(4-6-8)9(10)11/h3-6,14H,1-2H3,(H2,10,11). The summed E-state index contributed by atoms with van der Waals surface area (Å²) in [7, 11) is 3.16. The average Bonchev–Trinajstić information content (AvgIpc) is 2.20. The van der Waals surface area contributed by atoms with Crippen molar-refractivity contribution >= 4 is 17.4 Å². The molecule has 5 heteroatoms. The van der Waals surface area contributed by atoms with Crippen LogP contribution in [0.4, 0.5) is 0 Å². The maximum atomic E-state index is 10.8. The molecule has 0 aliphatic heterocycles. The highest BCUT2D eigenvalue weighted by Gasteiger charge is 2.03. The lowest BCUT2D eigenvalue weighted by Gasteiger charge is -2.21. The minimum absolute atomic E-state index is 0.435. The molecule has 0 bridgehead atoms. The smallest absolute Gasteiger partial charge is 0.248 e. The van der Waals surface area contributed by atoms with Gasteiger partial charge in [0.2, 0.25) is 5.91 Å². The molecule has 4 nitrogen and oxygen atoms in total. The summed E-state index contributed by atoms with van der Waals surface area (Å²) in [6.45, 7) is 0. The van der Waals surface area contributed by atoms with Crippen molar-refractivity contribution in [2.75, 3.05) is 14.2 Å². The first-order valence-electron chi connectivity index (χ1n) is 3.97. The fraction of sp³-hybridized carbons (Fsp3) is 0.222. The maximum Gasteiger partial charge on any atom is 0.248 e. The van der Waals surface area contributed by atoms with E-state index in [2.05, 4.69) is 0 Å². The van der Waals surface area contributed by atoms with Gasteiger partial charge in [0, 0.05) is 5.56 Å². The summed E-state index contributed by atoms with van der Waals surface area (Å²) in [6, 6.07) is 6.87. The third-order valence-corrected chi connectivity index (χ3v) is 3.08. The van der Waals surface area contributed by atoms with Gasteiger partial charge in [-0.25, -0.2) is 0 Å². The number of rotatable bonds is 4. The lowest BCUT2D eigenvalue weighted by Crippen LogP contribution is -2.10. The predicted octanol–water partition coefficient (Wildman–Crippen LogP) is 1.27. The molecule has 0 heterocycles. The second kappa shape index (κ2) is 4.99. The molecule has 1 amide bonds. The SMILES string of the molecule is CO[SH](OC)c1ccc(C(N)=O)cc1. The zero-order valence-electron chi connectivity index (χ0n) is 8.06. The molecule has 0 saturated carbocycles. The van der Waals surface area contributed by atoms with E-state index in [1.54, 1.807) is 38.5 Å². The molecule has 0 radical (unpaired) electrons. The van der Waals surface area contributed by atoms with E-state index in [9.17, 15) is 4.79 Å². The lowest BCUT2D eigenvalue weighted by atomic mass is 10.2. The summed E-state index contributed by atoms with van der Waals surface area (Å²) >= 11 is -1.04. The molecule has 2 N–H and O–H groups in total. The Labute approximate surface area is 85.8 Å². The number of hydrogen-bond acceptors (Lipinski definition) is 3. The molecule has 0 aliphatic carbocycles. The van der Waals surface area contributed by atoms with Crippen LogP contribution in [0.2, 0.25) is 0 Å². The second-order valence-electron chi connectivity index (χ2n) is 2.53. The Kier molecular flexibility index (Phi) is 3.94. The summed E-state index contributed by atoms with van der Waals surface area (Å²) < 4.78 is 10.2. The molecule has 0 unspecified atom stereocenters. The molecule has 0 aliphatic rings. The maximum absolute atomic E-state index is 10.8. The Bertz CT molecular complexity index is 308. The van der Waals surface area contributed by atoms with Crippen LogP contribution in [0.5, 0.6) is 0 Å². The van der Waals surface area contributed by atoms with E-state index in [-0.39, 0.29) is 0 Å². The number of carbonyl (C=O) groups is 1. The van der Waals surface area contributed by atoms with Crippen molar-refractivity contribution < 1.29 is 13.2 Å². The van der Waals surface area contributed by atoms with Crippen LogP contribution in [-0.2, 0) is 8.37 Å². The van der Waals surface area contributed by atoms with Crippen molar-refractivity contribution in [3.63, 3.8) is 0 Å². The number of hydrogen-bond donors (Lipinski definition) is 2. The summed E-state index contributed by atoms with van der Waals surface area (Å²) in [5, 5.41) is 0. The molecule has 0 atom stereocenters. The normalized spacial score (nSPS) is 11.1. The average molecular weight is 215 g/mol. The highest BCUT2D eigenvalue weighted by Crippen LogP contribution is 2.36. The molecule has 14 heavy (non-hydrogen) atoms. The molecule has 1 rings (SSSR count). The van der Waals surface area contributed by atoms with E-state index in [0.29, 0.717) is 5.56 Å². The first-order chi connectivity index (χ1) is 6.69. The summed E-state index contributed by atoms with van der Waals surface area (Å²) in [6.07, 6.45) is 0. The first kappa shape index (κ1) is 11.0. The van der Waals surface area contributed by atoms with E-state index >= 15 is 0 Å².